The van der Waals surface area contributed by atoms with Crippen LogP contribution in [0.2, 0.25) is 0 Å². The van der Waals surface area contributed by atoms with Gasteiger partial charge in [0.1, 0.15) is 0 Å². The van der Waals surface area contributed by atoms with Crippen LogP contribution in [0.5, 0.6) is 5.88 Å². The first-order chi connectivity index (χ1) is 15.7. The van der Waals surface area contributed by atoms with E-state index >= 15 is 0 Å². The van der Waals surface area contributed by atoms with E-state index in [1.807, 2.05) is 24.3 Å². The largest absolute Gasteiger partial charge is 0.477 e. The predicted molar refractivity (Wildman–Crippen MR) is 131 cm³/mol. The fraction of sp³-hybridized carbons (Fsp3) is 0.360. The normalized spacial score (nSPS) is 11.0. The van der Waals surface area contributed by atoms with Crippen molar-refractivity contribution < 1.29 is 4.74 Å². The number of aromatic nitrogens is 3. The maximum absolute atomic E-state index is 5.98. The molecule has 0 aliphatic rings. The number of hydrazone groups is 1. The Balaban J connectivity index is 1.75. The number of hydrogen-bond donors (Lipinski definition) is 1. The first-order valence-corrected chi connectivity index (χ1v) is 11.2. The van der Waals surface area contributed by atoms with Gasteiger partial charge in [-0.25, -0.2) is 0 Å². The molecule has 7 heteroatoms. The molecule has 3 rings (SSSR count). The quantitative estimate of drug-likeness (QED) is 0.325. The number of anilines is 2. The third-order valence-corrected chi connectivity index (χ3v) is 4.80. The Morgan fingerprint density at radius 3 is 2.66 bits per heavy atom. The SMILES string of the molecule is CCCN(CCC)c1cc(N/N=C/c2cccc(C)c2)nc(OCCc2cnccn2)c1. The summed E-state index contributed by atoms with van der Waals surface area (Å²) in [6.07, 6.45) is 9.72. The van der Waals surface area contributed by atoms with E-state index in [1.54, 1.807) is 24.8 Å². The Hall–Kier alpha value is -3.48. The lowest BCUT2D eigenvalue weighted by atomic mass is 10.2. The van der Waals surface area contributed by atoms with Crippen molar-refractivity contribution >= 4 is 17.7 Å². The van der Waals surface area contributed by atoms with Gasteiger partial charge in [0.05, 0.1) is 18.5 Å². The summed E-state index contributed by atoms with van der Waals surface area (Å²) in [4.78, 5) is 15.4. The molecule has 32 heavy (non-hydrogen) atoms. The third-order valence-electron chi connectivity index (χ3n) is 4.80. The van der Waals surface area contributed by atoms with Crippen LogP contribution in [0, 0.1) is 6.92 Å². The van der Waals surface area contributed by atoms with Gasteiger partial charge in [-0.3, -0.25) is 15.4 Å². The first kappa shape index (κ1) is 23.2. The molecule has 2 aromatic heterocycles. The maximum atomic E-state index is 5.98. The van der Waals surface area contributed by atoms with Gasteiger partial charge in [0.15, 0.2) is 5.82 Å². The topological polar surface area (TPSA) is 75.5 Å². The number of aryl methyl sites for hydroxylation is 1. The van der Waals surface area contributed by atoms with E-state index in [2.05, 4.69) is 63.3 Å². The molecule has 0 aliphatic carbocycles. The zero-order chi connectivity index (χ0) is 22.6. The van der Waals surface area contributed by atoms with Gasteiger partial charge in [0, 0.05) is 55.9 Å². The number of nitrogens with one attached hydrogen (secondary N) is 1. The monoisotopic (exact) mass is 432 g/mol. The van der Waals surface area contributed by atoms with Crippen LogP contribution in [0.1, 0.15) is 43.5 Å². The summed E-state index contributed by atoms with van der Waals surface area (Å²) in [5, 5.41) is 4.38. The molecule has 0 radical (unpaired) electrons. The highest BCUT2D eigenvalue weighted by atomic mass is 16.5. The highest BCUT2D eigenvalue weighted by Crippen LogP contribution is 2.25. The lowest BCUT2D eigenvalue weighted by Crippen LogP contribution is -2.25. The minimum Gasteiger partial charge on any atom is -0.477 e. The van der Waals surface area contributed by atoms with Crippen molar-refractivity contribution in [2.24, 2.45) is 5.10 Å². The summed E-state index contributed by atoms with van der Waals surface area (Å²) in [5.74, 6) is 1.22. The second kappa shape index (κ2) is 12.4. The number of hydrogen-bond acceptors (Lipinski definition) is 7. The molecule has 0 saturated carbocycles. The van der Waals surface area contributed by atoms with Crippen LogP contribution in [0.4, 0.5) is 11.5 Å². The van der Waals surface area contributed by atoms with Crippen molar-refractivity contribution in [2.45, 2.75) is 40.0 Å². The third kappa shape index (κ3) is 7.34. The molecular formula is C25H32N6O. The molecule has 1 N–H and O–H groups in total. The molecule has 7 nitrogen and oxygen atoms in total. The smallest absolute Gasteiger partial charge is 0.217 e. The van der Waals surface area contributed by atoms with Crippen LogP contribution in [0.25, 0.3) is 0 Å². The molecule has 168 valence electrons. The summed E-state index contributed by atoms with van der Waals surface area (Å²) in [5.41, 5.74) is 7.27. The number of rotatable bonds is 12. The number of nitrogens with zero attached hydrogens (tertiary/aromatic N) is 5. The minimum absolute atomic E-state index is 0.475. The van der Waals surface area contributed by atoms with Gasteiger partial charge in [-0.05, 0) is 25.3 Å². The molecule has 3 aromatic rings. The molecule has 2 heterocycles. The van der Waals surface area contributed by atoms with E-state index in [1.165, 1.54) is 5.56 Å². The van der Waals surface area contributed by atoms with E-state index in [4.69, 9.17) is 4.74 Å². The van der Waals surface area contributed by atoms with Gasteiger partial charge in [0.25, 0.3) is 0 Å². The zero-order valence-electron chi connectivity index (χ0n) is 19.2. The number of ether oxygens (including phenoxy) is 1. The summed E-state index contributed by atoms with van der Waals surface area (Å²) in [6.45, 7) is 8.87. The van der Waals surface area contributed by atoms with Crippen LogP contribution in [-0.4, -0.2) is 40.9 Å². The van der Waals surface area contributed by atoms with Gasteiger partial charge in [-0.1, -0.05) is 43.7 Å². The van der Waals surface area contributed by atoms with Crippen LogP contribution >= 0.6 is 0 Å². The average molecular weight is 433 g/mol. The molecule has 0 aliphatic heterocycles. The van der Waals surface area contributed by atoms with E-state index < -0.39 is 0 Å². The molecule has 0 spiro atoms. The maximum Gasteiger partial charge on any atom is 0.217 e. The summed E-state index contributed by atoms with van der Waals surface area (Å²) < 4.78 is 5.98. The van der Waals surface area contributed by atoms with Crippen LogP contribution in [0.15, 0.2) is 60.1 Å². The summed E-state index contributed by atoms with van der Waals surface area (Å²) in [6, 6.07) is 12.2. The van der Waals surface area contributed by atoms with Gasteiger partial charge >= 0.3 is 0 Å². The molecule has 0 atom stereocenters. The van der Waals surface area contributed by atoms with E-state index in [-0.39, 0.29) is 0 Å². The molecule has 0 bridgehead atoms. The first-order valence-electron chi connectivity index (χ1n) is 11.2. The molecule has 0 unspecified atom stereocenters. The Kier molecular flexibility index (Phi) is 8.98. The average Bonchev–Trinajstić information content (AvgIpc) is 2.80. The molecule has 1 aromatic carbocycles. The molecular weight excluding hydrogens is 400 g/mol. The molecule has 0 saturated heterocycles. The predicted octanol–water partition coefficient (Wildman–Crippen LogP) is 4.87. The molecule has 0 fully saturated rings. The Morgan fingerprint density at radius 2 is 1.94 bits per heavy atom. The number of benzene rings is 1. The van der Waals surface area contributed by atoms with Gasteiger partial charge in [0.2, 0.25) is 5.88 Å². The summed E-state index contributed by atoms with van der Waals surface area (Å²) >= 11 is 0. The van der Waals surface area contributed by atoms with E-state index in [0.717, 1.165) is 42.9 Å². The van der Waals surface area contributed by atoms with Gasteiger partial charge in [-0.2, -0.15) is 10.1 Å². The standard InChI is InChI=1S/C25H32N6O/c1-4-12-31(13-5-2)23-16-24(30-28-18-21-8-6-7-20(3)15-21)29-25(17-23)32-14-9-22-19-26-10-11-27-22/h6-8,10-11,15-19H,4-5,9,12-14H2,1-3H3,(H,29,30)/b28-18+. The van der Waals surface area contributed by atoms with Crippen molar-refractivity contribution in [3.05, 3.63) is 71.8 Å². The van der Waals surface area contributed by atoms with Crippen molar-refractivity contribution in [1.82, 2.24) is 15.0 Å². The highest BCUT2D eigenvalue weighted by Gasteiger charge is 2.10. The van der Waals surface area contributed by atoms with Crippen LogP contribution in [-0.2, 0) is 6.42 Å². The zero-order valence-corrected chi connectivity index (χ0v) is 19.2. The minimum atomic E-state index is 0.475. The highest BCUT2D eigenvalue weighted by molar-refractivity contribution is 5.80. The van der Waals surface area contributed by atoms with Crippen molar-refractivity contribution in [2.75, 3.05) is 30.0 Å². The van der Waals surface area contributed by atoms with Crippen LogP contribution in [0.3, 0.4) is 0 Å². The lowest BCUT2D eigenvalue weighted by molar-refractivity contribution is 0.308. The lowest BCUT2D eigenvalue weighted by Gasteiger charge is -2.24. The van der Waals surface area contributed by atoms with Crippen molar-refractivity contribution in [3.8, 4) is 5.88 Å². The Labute approximate surface area is 190 Å². The fourth-order valence-corrected chi connectivity index (χ4v) is 3.36. The Bertz CT molecular complexity index is 987. The molecule has 0 amide bonds. The van der Waals surface area contributed by atoms with Crippen molar-refractivity contribution in [1.29, 1.82) is 0 Å². The van der Waals surface area contributed by atoms with Crippen LogP contribution < -0.4 is 15.1 Å². The van der Waals surface area contributed by atoms with E-state index in [0.29, 0.717) is 24.7 Å². The second-order valence-electron chi connectivity index (χ2n) is 7.62. The van der Waals surface area contributed by atoms with Crippen molar-refractivity contribution in [3.63, 3.8) is 0 Å². The summed E-state index contributed by atoms with van der Waals surface area (Å²) in [7, 11) is 0. The van der Waals surface area contributed by atoms with E-state index in [9.17, 15) is 0 Å². The number of pyridine rings is 1. The second-order valence-corrected chi connectivity index (χ2v) is 7.62. The van der Waals surface area contributed by atoms with Gasteiger partial charge < -0.3 is 9.64 Å². The van der Waals surface area contributed by atoms with Gasteiger partial charge in [-0.15, -0.1) is 0 Å². The Morgan fingerprint density at radius 1 is 1.09 bits per heavy atom. The fourth-order valence-electron chi connectivity index (χ4n) is 3.36.